The third kappa shape index (κ3) is 7.05. The van der Waals surface area contributed by atoms with Gasteiger partial charge in [-0.25, -0.2) is 9.59 Å². The number of benzene rings is 3. The number of amides is 1. The Balaban J connectivity index is 1.60. The van der Waals surface area contributed by atoms with E-state index >= 15 is 0 Å². The zero-order valence-electron chi connectivity index (χ0n) is 24.2. The Morgan fingerprint density at radius 2 is 1.41 bits per heavy atom. The highest BCUT2D eigenvalue weighted by atomic mass is 28.4. The summed E-state index contributed by atoms with van der Waals surface area (Å²) >= 11 is 0. The molecule has 3 atom stereocenters. The molecule has 3 aromatic carbocycles. The van der Waals surface area contributed by atoms with Crippen molar-refractivity contribution in [3.63, 3.8) is 0 Å². The number of hydrogen-bond acceptors (Lipinski definition) is 6. The smallest absolute Gasteiger partial charge is 0.408 e. The Bertz CT molecular complexity index is 1260. The van der Waals surface area contributed by atoms with Crippen LogP contribution in [0.1, 0.15) is 40.2 Å². The van der Waals surface area contributed by atoms with E-state index in [1.165, 1.54) is 0 Å². The van der Waals surface area contributed by atoms with Gasteiger partial charge in [0.05, 0.1) is 6.61 Å². The van der Waals surface area contributed by atoms with E-state index < -0.39 is 44.4 Å². The SMILES string of the molecule is CC1(C)O[C@@H]([C@H](NC(=O)OCc2ccccc2)C(=O)O)[C@H](CO[Si](c2ccccc2)(c2ccccc2)C(C)(C)C)O1. The summed E-state index contributed by atoms with van der Waals surface area (Å²) in [6.45, 7) is 9.99. The van der Waals surface area contributed by atoms with Crippen LogP contribution in [0, 0.1) is 0 Å². The van der Waals surface area contributed by atoms with Gasteiger partial charge in [0.25, 0.3) is 8.32 Å². The molecule has 1 aliphatic heterocycles. The topological polar surface area (TPSA) is 103 Å². The normalized spacial score (nSPS) is 19.3. The van der Waals surface area contributed by atoms with Gasteiger partial charge in [-0.3, -0.25) is 0 Å². The lowest BCUT2D eigenvalue weighted by Crippen LogP contribution is -2.67. The summed E-state index contributed by atoms with van der Waals surface area (Å²) in [6, 6.07) is 28.0. The largest absolute Gasteiger partial charge is 0.480 e. The van der Waals surface area contributed by atoms with Gasteiger partial charge in [-0.15, -0.1) is 0 Å². The molecule has 0 saturated carbocycles. The van der Waals surface area contributed by atoms with E-state index in [0.29, 0.717) is 0 Å². The van der Waals surface area contributed by atoms with Crippen LogP contribution >= 0.6 is 0 Å². The van der Waals surface area contributed by atoms with Crippen molar-refractivity contribution >= 4 is 30.8 Å². The highest BCUT2D eigenvalue weighted by Gasteiger charge is 2.53. The first kappa shape index (κ1) is 30.5. The van der Waals surface area contributed by atoms with E-state index in [1.807, 2.05) is 66.7 Å². The van der Waals surface area contributed by atoms with Gasteiger partial charge < -0.3 is 29.1 Å². The second kappa shape index (κ2) is 12.6. The van der Waals surface area contributed by atoms with Gasteiger partial charge in [0.15, 0.2) is 11.8 Å². The Hall–Kier alpha value is -3.50. The summed E-state index contributed by atoms with van der Waals surface area (Å²) < 4.78 is 24.6. The first-order valence-corrected chi connectivity index (χ1v) is 15.6. The van der Waals surface area contributed by atoms with Gasteiger partial charge in [0.1, 0.15) is 18.8 Å². The highest BCUT2D eigenvalue weighted by molar-refractivity contribution is 6.99. The number of carbonyl (C=O) groups excluding carboxylic acids is 1. The number of hydrogen-bond donors (Lipinski definition) is 2. The predicted octanol–water partition coefficient (Wildman–Crippen LogP) is 4.46. The number of ether oxygens (including phenoxy) is 3. The average molecular weight is 578 g/mol. The number of nitrogens with one attached hydrogen (secondary N) is 1. The number of rotatable bonds is 10. The maximum Gasteiger partial charge on any atom is 0.408 e. The van der Waals surface area contributed by atoms with E-state index in [-0.39, 0.29) is 18.3 Å². The van der Waals surface area contributed by atoms with Crippen LogP contribution in [0.3, 0.4) is 0 Å². The second-order valence-electron chi connectivity index (χ2n) is 11.6. The summed E-state index contributed by atoms with van der Waals surface area (Å²) in [5.74, 6) is -2.35. The van der Waals surface area contributed by atoms with Crippen LogP contribution in [0.4, 0.5) is 4.79 Å². The third-order valence-electron chi connectivity index (χ3n) is 7.18. The first-order chi connectivity index (χ1) is 19.4. The molecule has 2 N–H and O–H groups in total. The molecule has 1 amide bonds. The molecule has 41 heavy (non-hydrogen) atoms. The number of aliphatic carboxylic acids is 1. The zero-order chi connectivity index (χ0) is 29.7. The van der Waals surface area contributed by atoms with Crippen molar-refractivity contribution in [1.82, 2.24) is 5.32 Å². The van der Waals surface area contributed by atoms with Gasteiger partial charge in [-0.05, 0) is 34.8 Å². The predicted molar refractivity (Wildman–Crippen MR) is 159 cm³/mol. The van der Waals surface area contributed by atoms with Crippen molar-refractivity contribution in [2.75, 3.05) is 6.61 Å². The summed E-state index contributed by atoms with van der Waals surface area (Å²) in [5.41, 5.74) is 0.785. The van der Waals surface area contributed by atoms with E-state index in [4.69, 9.17) is 18.6 Å². The van der Waals surface area contributed by atoms with Crippen LogP contribution in [0.15, 0.2) is 91.0 Å². The minimum atomic E-state index is -2.93. The van der Waals surface area contributed by atoms with Crippen molar-refractivity contribution in [2.45, 2.75) is 70.3 Å². The lowest BCUT2D eigenvalue weighted by Gasteiger charge is -2.43. The minimum absolute atomic E-state index is 0.00687. The number of carbonyl (C=O) groups is 2. The van der Waals surface area contributed by atoms with Crippen LogP contribution < -0.4 is 15.7 Å². The molecule has 9 heteroatoms. The molecule has 0 unspecified atom stereocenters. The second-order valence-corrected chi connectivity index (χ2v) is 15.9. The van der Waals surface area contributed by atoms with Crippen LogP contribution in [-0.4, -0.2) is 56.1 Å². The monoisotopic (exact) mass is 577 g/mol. The molecule has 0 spiro atoms. The molecule has 8 nitrogen and oxygen atoms in total. The third-order valence-corrected chi connectivity index (χ3v) is 12.2. The maximum absolute atomic E-state index is 12.7. The van der Waals surface area contributed by atoms with Gasteiger partial charge in [0, 0.05) is 0 Å². The van der Waals surface area contributed by atoms with Crippen LogP contribution in [-0.2, 0) is 30.0 Å². The standard InChI is InChI=1S/C32H39NO7Si/c1-31(2,3)41(24-17-11-7-12-18-24,25-19-13-8-14-20-25)38-22-26-28(40-32(4,5)39-26)27(29(34)35)33-30(36)37-21-23-15-9-6-10-16-23/h6-20,26-28H,21-22H2,1-5H3,(H,33,36)(H,34,35)/t26-,27-,28+/m0/s1. The molecule has 1 fully saturated rings. The van der Waals surface area contributed by atoms with Crippen LogP contribution in [0.5, 0.6) is 0 Å². The van der Waals surface area contributed by atoms with Crippen molar-refractivity contribution in [1.29, 1.82) is 0 Å². The van der Waals surface area contributed by atoms with Gasteiger partial charge in [-0.1, -0.05) is 112 Å². The molecule has 4 rings (SSSR count). The van der Waals surface area contributed by atoms with Gasteiger partial charge >= 0.3 is 12.1 Å². The van der Waals surface area contributed by atoms with Crippen LogP contribution in [0.2, 0.25) is 5.04 Å². The van der Waals surface area contributed by atoms with Crippen molar-refractivity contribution in [2.24, 2.45) is 0 Å². The molecule has 218 valence electrons. The summed E-state index contributed by atoms with van der Waals surface area (Å²) in [4.78, 5) is 25.1. The average Bonchev–Trinajstić information content (AvgIpc) is 3.25. The first-order valence-electron chi connectivity index (χ1n) is 13.7. The maximum atomic E-state index is 12.7. The molecule has 1 aliphatic rings. The van der Waals surface area contributed by atoms with Gasteiger partial charge in [0.2, 0.25) is 0 Å². The van der Waals surface area contributed by atoms with E-state index in [2.05, 4.69) is 50.4 Å². The fourth-order valence-electron chi connectivity index (χ4n) is 5.42. The molecule has 0 aliphatic carbocycles. The Morgan fingerprint density at radius 3 is 1.90 bits per heavy atom. The summed E-state index contributed by atoms with van der Waals surface area (Å²) in [5, 5.41) is 14.5. The summed E-state index contributed by atoms with van der Waals surface area (Å²) in [6.07, 6.45) is -2.66. The quantitative estimate of drug-likeness (QED) is 0.343. The Labute approximate surface area is 242 Å². The molecular weight excluding hydrogens is 538 g/mol. The van der Waals surface area contributed by atoms with Crippen molar-refractivity contribution in [3.05, 3.63) is 96.6 Å². The Kier molecular flexibility index (Phi) is 9.33. The lowest BCUT2D eigenvalue weighted by molar-refractivity contribution is -0.157. The van der Waals surface area contributed by atoms with Crippen molar-refractivity contribution in [3.8, 4) is 0 Å². The molecular formula is C32H39NO7Si. The van der Waals surface area contributed by atoms with Crippen molar-refractivity contribution < 1.29 is 33.3 Å². The highest BCUT2D eigenvalue weighted by Crippen LogP contribution is 2.38. The fourth-order valence-corrected chi connectivity index (χ4v) is 9.99. The van der Waals surface area contributed by atoms with Crippen LogP contribution in [0.25, 0.3) is 0 Å². The number of carboxylic acid groups (broad SMARTS) is 1. The van der Waals surface area contributed by atoms with E-state index in [1.54, 1.807) is 13.8 Å². The summed E-state index contributed by atoms with van der Waals surface area (Å²) in [7, 11) is -2.93. The Morgan fingerprint density at radius 1 is 0.902 bits per heavy atom. The molecule has 1 heterocycles. The minimum Gasteiger partial charge on any atom is -0.480 e. The number of carboxylic acids is 1. The molecule has 0 radical (unpaired) electrons. The van der Waals surface area contributed by atoms with E-state index in [0.717, 1.165) is 15.9 Å². The molecule has 1 saturated heterocycles. The fraction of sp³-hybridized carbons (Fsp3) is 0.375. The number of alkyl carbamates (subject to hydrolysis) is 1. The molecule has 3 aromatic rings. The van der Waals surface area contributed by atoms with E-state index in [9.17, 15) is 14.7 Å². The van der Waals surface area contributed by atoms with Gasteiger partial charge in [-0.2, -0.15) is 0 Å². The molecule has 0 aromatic heterocycles. The lowest BCUT2D eigenvalue weighted by atomic mass is 10.1. The zero-order valence-corrected chi connectivity index (χ0v) is 25.2. The molecule has 0 bridgehead atoms.